The standard InChI is InChI=1S/C18H20N2O2/c1-3-12-19-18(21)15-9-5-6-10-16(15)20-13-14-8-4-7-11-17(14)22-2/h3-11,20H,1,12-13H2,2H3,(H,19,21). The normalized spacial score (nSPS) is 9.86. The van der Waals surface area contributed by atoms with Gasteiger partial charge in [0.2, 0.25) is 0 Å². The average molecular weight is 296 g/mol. The number of carbonyl (C=O) groups is 1. The van der Waals surface area contributed by atoms with Crippen LogP contribution >= 0.6 is 0 Å². The maximum Gasteiger partial charge on any atom is 0.253 e. The molecule has 2 aromatic rings. The van der Waals surface area contributed by atoms with Crippen LogP contribution in [-0.2, 0) is 6.54 Å². The fraction of sp³-hybridized carbons (Fsp3) is 0.167. The molecule has 0 saturated carbocycles. The third kappa shape index (κ3) is 3.88. The third-order valence-electron chi connectivity index (χ3n) is 3.24. The number of benzene rings is 2. The lowest BCUT2D eigenvalue weighted by Crippen LogP contribution is -2.24. The van der Waals surface area contributed by atoms with E-state index in [0.29, 0.717) is 18.7 Å². The third-order valence-corrected chi connectivity index (χ3v) is 3.24. The molecule has 0 bridgehead atoms. The number of amides is 1. The molecule has 0 spiro atoms. The second kappa shape index (κ2) is 7.88. The topological polar surface area (TPSA) is 50.4 Å². The summed E-state index contributed by atoms with van der Waals surface area (Å²) in [6, 6.07) is 15.2. The zero-order chi connectivity index (χ0) is 15.8. The first-order chi connectivity index (χ1) is 10.8. The fourth-order valence-corrected chi connectivity index (χ4v) is 2.13. The monoisotopic (exact) mass is 296 g/mol. The number of rotatable bonds is 7. The number of nitrogens with one attached hydrogen (secondary N) is 2. The lowest BCUT2D eigenvalue weighted by molar-refractivity contribution is 0.0959. The Morgan fingerprint density at radius 2 is 1.91 bits per heavy atom. The Kier molecular flexibility index (Phi) is 5.60. The second-order valence-electron chi connectivity index (χ2n) is 4.71. The van der Waals surface area contributed by atoms with Crippen LogP contribution in [0.25, 0.3) is 0 Å². The van der Waals surface area contributed by atoms with Crippen LogP contribution in [0.2, 0.25) is 0 Å². The largest absolute Gasteiger partial charge is 0.496 e. The summed E-state index contributed by atoms with van der Waals surface area (Å²) in [5.74, 6) is 0.701. The van der Waals surface area contributed by atoms with E-state index in [-0.39, 0.29) is 5.91 Å². The van der Waals surface area contributed by atoms with E-state index >= 15 is 0 Å². The van der Waals surface area contributed by atoms with Gasteiger partial charge < -0.3 is 15.4 Å². The first-order valence-corrected chi connectivity index (χ1v) is 7.10. The molecule has 0 aliphatic carbocycles. The van der Waals surface area contributed by atoms with Crippen LogP contribution in [0.3, 0.4) is 0 Å². The van der Waals surface area contributed by atoms with Gasteiger partial charge in [-0.05, 0) is 18.2 Å². The number of anilines is 1. The van der Waals surface area contributed by atoms with E-state index in [2.05, 4.69) is 17.2 Å². The molecule has 114 valence electrons. The zero-order valence-corrected chi connectivity index (χ0v) is 12.6. The van der Waals surface area contributed by atoms with Crippen LogP contribution in [0.15, 0.2) is 61.2 Å². The quantitative estimate of drug-likeness (QED) is 0.771. The smallest absolute Gasteiger partial charge is 0.253 e. The van der Waals surface area contributed by atoms with Gasteiger partial charge in [0, 0.05) is 24.3 Å². The minimum absolute atomic E-state index is 0.122. The van der Waals surface area contributed by atoms with Crippen LogP contribution in [0.5, 0.6) is 5.75 Å². The highest BCUT2D eigenvalue weighted by atomic mass is 16.5. The molecule has 0 heterocycles. The molecule has 4 heteroatoms. The summed E-state index contributed by atoms with van der Waals surface area (Å²) in [6.07, 6.45) is 1.66. The summed E-state index contributed by atoms with van der Waals surface area (Å²) in [6.45, 7) is 4.62. The molecule has 0 fully saturated rings. The molecule has 2 aromatic carbocycles. The van der Waals surface area contributed by atoms with Crippen molar-refractivity contribution in [3.05, 3.63) is 72.3 Å². The van der Waals surface area contributed by atoms with Crippen molar-refractivity contribution >= 4 is 11.6 Å². The number of hydrogen-bond donors (Lipinski definition) is 2. The SMILES string of the molecule is C=CCNC(=O)c1ccccc1NCc1ccccc1OC. The molecule has 4 nitrogen and oxygen atoms in total. The first-order valence-electron chi connectivity index (χ1n) is 7.10. The maximum atomic E-state index is 12.1. The Morgan fingerprint density at radius 3 is 2.68 bits per heavy atom. The van der Waals surface area contributed by atoms with Gasteiger partial charge in [0.15, 0.2) is 0 Å². The van der Waals surface area contributed by atoms with Gasteiger partial charge in [-0.25, -0.2) is 0 Å². The molecule has 1 amide bonds. The van der Waals surface area contributed by atoms with Crippen LogP contribution in [0.1, 0.15) is 15.9 Å². The predicted octanol–water partition coefficient (Wildman–Crippen LogP) is 3.22. The van der Waals surface area contributed by atoms with Gasteiger partial charge in [0.25, 0.3) is 5.91 Å². The van der Waals surface area contributed by atoms with Crippen molar-refractivity contribution in [2.45, 2.75) is 6.54 Å². The molecule has 22 heavy (non-hydrogen) atoms. The zero-order valence-electron chi connectivity index (χ0n) is 12.6. The predicted molar refractivity (Wildman–Crippen MR) is 89.3 cm³/mol. The van der Waals surface area contributed by atoms with Crippen molar-refractivity contribution in [2.24, 2.45) is 0 Å². The van der Waals surface area contributed by atoms with Gasteiger partial charge in [0.1, 0.15) is 5.75 Å². The van der Waals surface area contributed by atoms with Gasteiger partial charge in [0.05, 0.1) is 12.7 Å². The Hall–Kier alpha value is -2.75. The van der Waals surface area contributed by atoms with E-state index in [1.54, 1.807) is 19.3 Å². The Morgan fingerprint density at radius 1 is 1.18 bits per heavy atom. The summed E-state index contributed by atoms with van der Waals surface area (Å²) in [7, 11) is 1.65. The fourth-order valence-electron chi connectivity index (χ4n) is 2.13. The number of ether oxygens (including phenoxy) is 1. The van der Waals surface area contributed by atoms with E-state index in [1.165, 1.54) is 0 Å². The highest BCUT2D eigenvalue weighted by Gasteiger charge is 2.10. The number of methoxy groups -OCH3 is 1. The van der Waals surface area contributed by atoms with Crippen LogP contribution < -0.4 is 15.4 Å². The first kappa shape index (κ1) is 15.6. The molecule has 0 aliphatic heterocycles. The summed E-state index contributed by atoms with van der Waals surface area (Å²) < 4.78 is 5.33. The highest BCUT2D eigenvalue weighted by Crippen LogP contribution is 2.21. The molecule has 0 unspecified atom stereocenters. The van der Waals surface area contributed by atoms with Crippen molar-refractivity contribution in [3.63, 3.8) is 0 Å². The molecule has 0 atom stereocenters. The van der Waals surface area contributed by atoms with Gasteiger partial charge in [-0.15, -0.1) is 6.58 Å². The van der Waals surface area contributed by atoms with Crippen molar-refractivity contribution in [1.82, 2.24) is 5.32 Å². The summed E-state index contributed by atoms with van der Waals surface area (Å²) in [5, 5.41) is 6.08. The molecule has 2 N–H and O–H groups in total. The molecular formula is C18H20N2O2. The lowest BCUT2D eigenvalue weighted by atomic mass is 10.1. The molecule has 0 aromatic heterocycles. The van der Waals surface area contributed by atoms with Gasteiger partial charge >= 0.3 is 0 Å². The summed E-state index contributed by atoms with van der Waals surface area (Å²) >= 11 is 0. The van der Waals surface area contributed by atoms with E-state index in [9.17, 15) is 4.79 Å². The highest BCUT2D eigenvalue weighted by molar-refractivity contribution is 5.99. The van der Waals surface area contributed by atoms with Crippen molar-refractivity contribution in [1.29, 1.82) is 0 Å². The van der Waals surface area contributed by atoms with Crippen LogP contribution in [-0.4, -0.2) is 19.6 Å². The van der Waals surface area contributed by atoms with Gasteiger partial charge in [-0.2, -0.15) is 0 Å². The molecule has 0 aliphatic rings. The Bertz CT molecular complexity index is 653. The van der Waals surface area contributed by atoms with Crippen molar-refractivity contribution in [2.75, 3.05) is 19.0 Å². The Labute approximate surface area is 130 Å². The van der Waals surface area contributed by atoms with Gasteiger partial charge in [-0.3, -0.25) is 4.79 Å². The van der Waals surface area contributed by atoms with Crippen LogP contribution in [0.4, 0.5) is 5.69 Å². The number of carbonyl (C=O) groups excluding carboxylic acids is 1. The number of para-hydroxylation sites is 2. The lowest BCUT2D eigenvalue weighted by Gasteiger charge is -2.13. The minimum Gasteiger partial charge on any atom is -0.496 e. The molecule has 2 rings (SSSR count). The molecule has 0 saturated heterocycles. The molecular weight excluding hydrogens is 276 g/mol. The second-order valence-corrected chi connectivity index (χ2v) is 4.71. The van der Waals surface area contributed by atoms with E-state index in [1.807, 2.05) is 42.5 Å². The Balaban J connectivity index is 2.13. The van der Waals surface area contributed by atoms with E-state index in [0.717, 1.165) is 17.0 Å². The maximum absolute atomic E-state index is 12.1. The summed E-state index contributed by atoms with van der Waals surface area (Å²) in [4.78, 5) is 12.1. The van der Waals surface area contributed by atoms with E-state index < -0.39 is 0 Å². The van der Waals surface area contributed by atoms with Crippen molar-refractivity contribution in [3.8, 4) is 5.75 Å². The van der Waals surface area contributed by atoms with E-state index in [4.69, 9.17) is 4.74 Å². The van der Waals surface area contributed by atoms with Crippen molar-refractivity contribution < 1.29 is 9.53 Å². The van der Waals surface area contributed by atoms with Crippen LogP contribution in [0, 0.1) is 0 Å². The minimum atomic E-state index is -0.122. The summed E-state index contributed by atoms with van der Waals surface area (Å²) in [5.41, 5.74) is 2.43. The molecule has 0 radical (unpaired) electrons. The average Bonchev–Trinajstić information content (AvgIpc) is 2.58. The van der Waals surface area contributed by atoms with Gasteiger partial charge in [-0.1, -0.05) is 36.4 Å². The number of hydrogen-bond acceptors (Lipinski definition) is 3.